The number of morpholine rings is 1. The Kier molecular flexibility index (Phi) is 5.51. The Morgan fingerprint density at radius 2 is 2.00 bits per heavy atom. The molecule has 5 heterocycles. The topological polar surface area (TPSA) is 80.6 Å². The molecule has 1 aliphatic carbocycles. The third kappa shape index (κ3) is 3.72. The average Bonchev–Trinajstić information content (AvgIpc) is 3.68. The zero-order chi connectivity index (χ0) is 26.1. The molecule has 4 aliphatic rings. The second-order valence-corrected chi connectivity index (χ2v) is 12.8. The zero-order valence-electron chi connectivity index (χ0n) is 21.3. The van der Waals surface area contributed by atoms with E-state index in [9.17, 15) is 12.8 Å². The van der Waals surface area contributed by atoms with Gasteiger partial charge in [0.1, 0.15) is 16.5 Å². The van der Waals surface area contributed by atoms with E-state index in [-0.39, 0.29) is 22.2 Å². The van der Waals surface area contributed by atoms with Crippen molar-refractivity contribution in [3.05, 3.63) is 71.4 Å². The number of halogens is 1. The van der Waals surface area contributed by atoms with Gasteiger partial charge in [-0.1, -0.05) is 12.5 Å². The maximum Gasteiger partial charge on any atom is 0.244 e. The van der Waals surface area contributed by atoms with E-state index < -0.39 is 10.0 Å². The molecule has 0 unspecified atom stereocenters. The highest BCUT2D eigenvalue weighted by Gasteiger charge is 2.45. The number of piperidine rings is 1. The summed E-state index contributed by atoms with van der Waals surface area (Å²) in [4.78, 5) is 7.00. The molecular formula is C28H30FN5O3S. The van der Waals surface area contributed by atoms with E-state index in [4.69, 9.17) is 4.74 Å². The minimum atomic E-state index is -3.69. The molecule has 0 saturated carbocycles. The first-order valence-electron chi connectivity index (χ1n) is 13.2. The second kappa shape index (κ2) is 8.72. The van der Waals surface area contributed by atoms with E-state index in [0.29, 0.717) is 38.6 Å². The summed E-state index contributed by atoms with van der Waals surface area (Å²) in [7, 11) is -3.69. The Morgan fingerprint density at radius 1 is 1.16 bits per heavy atom. The van der Waals surface area contributed by atoms with Crippen LogP contribution in [-0.2, 0) is 21.2 Å². The molecule has 0 radical (unpaired) electrons. The van der Waals surface area contributed by atoms with Crippen molar-refractivity contribution in [1.82, 2.24) is 19.1 Å². The molecule has 0 N–H and O–H groups in total. The predicted octanol–water partition coefficient (Wildman–Crippen LogP) is 3.81. The summed E-state index contributed by atoms with van der Waals surface area (Å²) in [6, 6.07) is 10.2. The quantitative estimate of drug-likeness (QED) is 0.494. The van der Waals surface area contributed by atoms with Crippen LogP contribution in [0.4, 0.5) is 10.2 Å². The Morgan fingerprint density at radius 3 is 2.68 bits per heavy atom. The van der Waals surface area contributed by atoms with Crippen molar-refractivity contribution in [1.29, 1.82) is 0 Å². The maximum absolute atomic E-state index is 13.7. The fourth-order valence-corrected chi connectivity index (χ4v) is 8.09. The number of ether oxygens (including phenoxy) is 1. The fraction of sp³-hybridized carbons (Fsp3) is 0.429. The number of fused-ring (bicyclic) bond motifs is 4. The van der Waals surface area contributed by atoms with Crippen LogP contribution in [0, 0.1) is 11.2 Å². The lowest BCUT2D eigenvalue weighted by Crippen LogP contribution is -2.49. The Bertz CT molecular complexity index is 1520. The molecule has 0 amide bonds. The van der Waals surface area contributed by atoms with Gasteiger partial charge in [-0.25, -0.2) is 22.5 Å². The van der Waals surface area contributed by atoms with Crippen LogP contribution in [0.1, 0.15) is 37.4 Å². The van der Waals surface area contributed by atoms with Crippen LogP contribution >= 0.6 is 0 Å². The minimum absolute atomic E-state index is 0.237. The highest BCUT2D eigenvalue weighted by Crippen LogP contribution is 2.47. The largest absolute Gasteiger partial charge is 0.374 e. The molecule has 1 aromatic carbocycles. The number of anilines is 1. The highest BCUT2D eigenvalue weighted by molar-refractivity contribution is 7.89. The number of sulfonamides is 1. The summed E-state index contributed by atoms with van der Waals surface area (Å²) >= 11 is 0. The average molecular weight is 536 g/mol. The number of rotatable bonds is 5. The lowest BCUT2D eigenvalue weighted by Gasteiger charge is -2.45. The van der Waals surface area contributed by atoms with Crippen molar-refractivity contribution in [3.63, 3.8) is 0 Å². The van der Waals surface area contributed by atoms with Crippen molar-refractivity contribution in [3.8, 4) is 5.69 Å². The van der Waals surface area contributed by atoms with Gasteiger partial charge in [0, 0.05) is 31.2 Å². The number of pyridine rings is 1. The maximum atomic E-state index is 13.7. The molecule has 38 heavy (non-hydrogen) atoms. The minimum Gasteiger partial charge on any atom is -0.374 e. The van der Waals surface area contributed by atoms with Gasteiger partial charge in [0.25, 0.3) is 0 Å². The summed E-state index contributed by atoms with van der Waals surface area (Å²) in [5, 5.41) is 4.59. The number of benzene rings is 1. The SMILES string of the molecule is CC[C@]12Cc3cnn(-c4ccc(F)cc4)c3C=C1CCN(S(=O)(=O)c1ccc(N3C[C@@H]4C[C@H]3CO4)nc1)C2. The second-order valence-electron chi connectivity index (χ2n) is 10.9. The lowest BCUT2D eigenvalue weighted by molar-refractivity contribution is 0.0989. The number of hydrogen-bond acceptors (Lipinski definition) is 6. The molecule has 7 rings (SSSR count). The summed E-state index contributed by atoms with van der Waals surface area (Å²) in [5.41, 5.74) is 3.85. The van der Waals surface area contributed by atoms with Crippen LogP contribution in [0.3, 0.4) is 0 Å². The van der Waals surface area contributed by atoms with Crippen molar-refractivity contribution < 1.29 is 17.5 Å². The van der Waals surface area contributed by atoms with Gasteiger partial charge in [0.15, 0.2) is 0 Å². The smallest absolute Gasteiger partial charge is 0.244 e. The Balaban J connectivity index is 1.14. The van der Waals surface area contributed by atoms with E-state index in [0.717, 1.165) is 42.1 Å². The molecule has 3 atom stereocenters. The summed E-state index contributed by atoms with van der Waals surface area (Å²) in [5.74, 6) is 0.529. The van der Waals surface area contributed by atoms with Crippen LogP contribution in [0.2, 0.25) is 0 Å². The van der Waals surface area contributed by atoms with Crippen molar-refractivity contribution in [2.24, 2.45) is 5.41 Å². The molecule has 8 nitrogen and oxygen atoms in total. The molecule has 2 bridgehead atoms. The number of aromatic nitrogens is 3. The fourth-order valence-electron chi connectivity index (χ4n) is 6.62. The highest BCUT2D eigenvalue weighted by atomic mass is 32.2. The Labute approximate surface area is 221 Å². The summed E-state index contributed by atoms with van der Waals surface area (Å²) in [6.45, 7) is 4.49. The van der Waals surface area contributed by atoms with E-state index >= 15 is 0 Å². The monoisotopic (exact) mass is 535 g/mol. The molecule has 10 heteroatoms. The number of hydrogen-bond donors (Lipinski definition) is 0. The molecule has 3 fully saturated rings. The number of nitrogens with zero attached hydrogens (tertiary/aromatic N) is 5. The molecule has 0 spiro atoms. The van der Waals surface area contributed by atoms with Gasteiger partial charge in [-0.3, -0.25) is 0 Å². The van der Waals surface area contributed by atoms with Gasteiger partial charge >= 0.3 is 0 Å². The normalized spacial score (nSPS) is 26.8. The van der Waals surface area contributed by atoms with E-state index in [1.165, 1.54) is 23.9 Å². The van der Waals surface area contributed by atoms with Crippen molar-refractivity contribution >= 4 is 21.9 Å². The molecule has 3 aromatic rings. The molecule has 3 aliphatic heterocycles. The van der Waals surface area contributed by atoms with Crippen molar-refractivity contribution in [2.45, 2.75) is 49.6 Å². The van der Waals surface area contributed by atoms with E-state index in [1.807, 2.05) is 16.9 Å². The lowest BCUT2D eigenvalue weighted by atomic mass is 9.67. The van der Waals surface area contributed by atoms with Gasteiger partial charge in [0.2, 0.25) is 10.0 Å². The van der Waals surface area contributed by atoms with Gasteiger partial charge in [-0.2, -0.15) is 9.40 Å². The first-order chi connectivity index (χ1) is 18.4. The van der Waals surface area contributed by atoms with Crippen LogP contribution < -0.4 is 4.90 Å². The molecular weight excluding hydrogens is 505 g/mol. The van der Waals surface area contributed by atoms with E-state index in [2.05, 4.69) is 28.0 Å². The van der Waals surface area contributed by atoms with Crippen LogP contribution in [-0.4, -0.2) is 65.9 Å². The zero-order valence-corrected chi connectivity index (χ0v) is 22.1. The standard InChI is InChI=1S/C28H30FN5O3S/c1-2-28-13-19-14-31-34(22-5-3-21(29)4-6-22)26(19)11-20(28)9-10-32(18-28)38(35,36)25-7-8-27(30-15-25)33-16-24-12-23(33)17-37-24/h3-8,11,14-15,23-24H,2,9-10,12-13,16-18H2,1H3/t23-,24-,28+/m0/s1. The third-order valence-corrected chi connectivity index (χ3v) is 10.6. The van der Waals surface area contributed by atoms with Gasteiger partial charge < -0.3 is 9.64 Å². The molecule has 198 valence electrons. The summed E-state index contributed by atoms with van der Waals surface area (Å²) < 4.78 is 50.1. The first-order valence-corrected chi connectivity index (χ1v) is 14.7. The summed E-state index contributed by atoms with van der Waals surface area (Å²) in [6.07, 6.45) is 9.00. The van der Waals surface area contributed by atoms with Gasteiger partial charge in [0.05, 0.1) is 36.3 Å². The van der Waals surface area contributed by atoms with E-state index in [1.54, 1.807) is 22.5 Å². The predicted molar refractivity (Wildman–Crippen MR) is 141 cm³/mol. The first kappa shape index (κ1) is 24.0. The van der Waals surface area contributed by atoms with Gasteiger partial charge in [-0.15, -0.1) is 0 Å². The van der Waals surface area contributed by atoms with Crippen molar-refractivity contribution in [2.75, 3.05) is 31.1 Å². The van der Waals surface area contributed by atoms with Crippen LogP contribution in [0.15, 0.2) is 59.3 Å². The van der Waals surface area contributed by atoms with Crippen LogP contribution in [0.25, 0.3) is 11.8 Å². The molecule has 2 aromatic heterocycles. The Hall–Kier alpha value is -3.08. The van der Waals surface area contributed by atoms with Crippen LogP contribution in [0.5, 0.6) is 0 Å². The van der Waals surface area contributed by atoms with Gasteiger partial charge in [-0.05, 0) is 73.7 Å². The molecule has 3 saturated heterocycles. The third-order valence-electron chi connectivity index (χ3n) is 8.82.